The normalized spacial score (nSPS) is 11.7. The zero-order chi connectivity index (χ0) is 15.1. The fraction of sp³-hybridized carbons (Fsp3) is 0.941. The van der Waals surface area contributed by atoms with Gasteiger partial charge in [0.2, 0.25) is 0 Å². The monoisotopic (exact) mass is 287 g/mol. The van der Waals surface area contributed by atoms with E-state index in [0.29, 0.717) is 12.8 Å². The van der Waals surface area contributed by atoms with Crippen LogP contribution < -0.4 is 0 Å². The van der Waals surface area contributed by atoms with E-state index < -0.39 is 0 Å². The SMILES string of the molecule is CC(C)CCCCCCCOCC[C](CCO)CCO. The fourth-order valence-corrected chi connectivity index (χ4v) is 2.30. The van der Waals surface area contributed by atoms with Gasteiger partial charge < -0.3 is 14.9 Å². The molecule has 3 heteroatoms. The molecule has 0 rings (SSSR count). The van der Waals surface area contributed by atoms with Crippen LogP contribution in [0.4, 0.5) is 0 Å². The number of hydrogen-bond acceptors (Lipinski definition) is 3. The molecule has 3 nitrogen and oxygen atoms in total. The van der Waals surface area contributed by atoms with Gasteiger partial charge in [0, 0.05) is 26.4 Å². The van der Waals surface area contributed by atoms with Gasteiger partial charge in [0.05, 0.1) is 0 Å². The third kappa shape index (κ3) is 14.3. The van der Waals surface area contributed by atoms with Crippen molar-refractivity contribution in [2.24, 2.45) is 5.92 Å². The molecule has 0 bridgehead atoms. The largest absolute Gasteiger partial charge is 0.396 e. The molecule has 0 heterocycles. The van der Waals surface area contributed by atoms with Crippen molar-refractivity contribution in [1.29, 1.82) is 0 Å². The Morgan fingerprint density at radius 2 is 1.40 bits per heavy atom. The van der Waals surface area contributed by atoms with E-state index in [1.54, 1.807) is 0 Å². The molecule has 0 aliphatic rings. The number of aliphatic hydroxyl groups excluding tert-OH is 2. The average molecular weight is 287 g/mol. The maximum atomic E-state index is 8.90. The summed E-state index contributed by atoms with van der Waals surface area (Å²) < 4.78 is 5.62. The minimum atomic E-state index is 0.172. The van der Waals surface area contributed by atoms with Gasteiger partial charge >= 0.3 is 0 Å². The Balaban J connectivity index is 3.22. The van der Waals surface area contributed by atoms with Gasteiger partial charge in [-0.15, -0.1) is 0 Å². The first-order valence-corrected chi connectivity index (χ1v) is 8.33. The van der Waals surface area contributed by atoms with Crippen LogP contribution in [-0.2, 0) is 4.74 Å². The van der Waals surface area contributed by atoms with Gasteiger partial charge in [0.1, 0.15) is 0 Å². The van der Waals surface area contributed by atoms with Crippen LogP contribution in [0.3, 0.4) is 0 Å². The second-order valence-corrected chi connectivity index (χ2v) is 6.01. The van der Waals surface area contributed by atoms with Crippen LogP contribution in [0.1, 0.15) is 71.6 Å². The molecule has 0 atom stereocenters. The Bertz CT molecular complexity index is 177. The summed E-state index contributed by atoms with van der Waals surface area (Å²) in [6.07, 6.45) is 10.1. The van der Waals surface area contributed by atoms with Gasteiger partial charge in [-0.3, -0.25) is 0 Å². The molecule has 2 N–H and O–H groups in total. The molecule has 0 aromatic carbocycles. The first-order valence-electron chi connectivity index (χ1n) is 8.33. The van der Waals surface area contributed by atoms with Gasteiger partial charge in [-0.1, -0.05) is 46.0 Å². The van der Waals surface area contributed by atoms with E-state index in [2.05, 4.69) is 13.8 Å². The maximum absolute atomic E-state index is 8.90. The second kappa shape index (κ2) is 15.3. The van der Waals surface area contributed by atoms with Crippen LogP contribution in [0, 0.1) is 11.8 Å². The van der Waals surface area contributed by atoms with E-state index in [4.69, 9.17) is 14.9 Å². The van der Waals surface area contributed by atoms with Crippen LogP contribution >= 0.6 is 0 Å². The van der Waals surface area contributed by atoms with Crippen molar-refractivity contribution >= 4 is 0 Å². The summed E-state index contributed by atoms with van der Waals surface area (Å²) in [5, 5.41) is 17.8. The molecule has 0 spiro atoms. The first-order chi connectivity index (χ1) is 9.70. The van der Waals surface area contributed by atoms with Crippen LogP contribution in [0.15, 0.2) is 0 Å². The quantitative estimate of drug-likeness (QED) is 0.451. The smallest absolute Gasteiger partial charge is 0.0471 e. The molecule has 0 amide bonds. The lowest BCUT2D eigenvalue weighted by Gasteiger charge is -2.13. The summed E-state index contributed by atoms with van der Waals surface area (Å²) in [6, 6.07) is 0. The van der Waals surface area contributed by atoms with Crippen LogP contribution in [-0.4, -0.2) is 36.6 Å². The highest BCUT2D eigenvalue weighted by molar-refractivity contribution is 4.88. The van der Waals surface area contributed by atoms with Crippen molar-refractivity contribution in [3.63, 3.8) is 0 Å². The van der Waals surface area contributed by atoms with Crippen LogP contribution in [0.5, 0.6) is 0 Å². The second-order valence-electron chi connectivity index (χ2n) is 6.01. The Labute approximate surface area is 125 Å². The highest BCUT2D eigenvalue weighted by Crippen LogP contribution is 2.15. The molecule has 1 radical (unpaired) electrons. The van der Waals surface area contributed by atoms with Crippen molar-refractivity contribution < 1.29 is 14.9 Å². The molecule has 0 aromatic heterocycles. The molecule has 0 unspecified atom stereocenters. The molecule has 0 aliphatic heterocycles. The third-order valence-corrected chi connectivity index (χ3v) is 3.60. The van der Waals surface area contributed by atoms with Crippen LogP contribution in [0.2, 0.25) is 0 Å². The Morgan fingerprint density at radius 3 is 2.00 bits per heavy atom. The molecule has 20 heavy (non-hydrogen) atoms. The maximum Gasteiger partial charge on any atom is 0.0471 e. The lowest BCUT2D eigenvalue weighted by Crippen LogP contribution is -2.08. The zero-order valence-corrected chi connectivity index (χ0v) is 13.6. The molecule has 0 aliphatic carbocycles. The van der Waals surface area contributed by atoms with Crippen molar-refractivity contribution in [3.05, 3.63) is 5.92 Å². The van der Waals surface area contributed by atoms with E-state index in [1.807, 2.05) is 0 Å². The standard InChI is InChI=1S/C17H35O3/c1-16(2)8-6-4-3-5-7-14-20-15-11-17(9-12-18)10-13-19/h16,18-19H,3-15H2,1-2H3. The van der Waals surface area contributed by atoms with Crippen molar-refractivity contribution in [2.75, 3.05) is 26.4 Å². The molecule has 121 valence electrons. The molecular formula is C17H35O3. The Kier molecular flexibility index (Phi) is 15.2. The lowest BCUT2D eigenvalue weighted by molar-refractivity contribution is 0.125. The number of aliphatic hydroxyl groups is 2. The fourth-order valence-electron chi connectivity index (χ4n) is 2.30. The van der Waals surface area contributed by atoms with Crippen molar-refractivity contribution in [3.8, 4) is 0 Å². The van der Waals surface area contributed by atoms with E-state index in [9.17, 15) is 0 Å². The predicted octanol–water partition coefficient (Wildman–Crippen LogP) is 3.73. The number of rotatable bonds is 15. The molecule has 0 fully saturated rings. The van der Waals surface area contributed by atoms with E-state index in [-0.39, 0.29) is 13.2 Å². The van der Waals surface area contributed by atoms with Gasteiger partial charge in [-0.05, 0) is 37.5 Å². The zero-order valence-electron chi connectivity index (χ0n) is 13.6. The van der Waals surface area contributed by atoms with E-state index in [1.165, 1.54) is 38.0 Å². The van der Waals surface area contributed by atoms with Gasteiger partial charge in [-0.2, -0.15) is 0 Å². The highest BCUT2D eigenvalue weighted by atomic mass is 16.5. The number of hydrogen-bond donors (Lipinski definition) is 2. The Morgan fingerprint density at radius 1 is 0.800 bits per heavy atom. The number of ether oxygens (including phenoxy) is 1. The minimum Gasteiger partial charge on any atom is -0.396 e. The predicted molar refractivity (Wildman–Crippen MR) is 84.6 cm³/mol. The van der Waals surface area contributed by atoms with Crippen LogP contribution in [0.25, 0.3) is 0 Å². The molecule has 0 aromatic rings. The van der Waals surface area contributed by atoms with Crippen molar-refractivity contribution in [1.82, 2.24) is 0 Å². The van der Waals surface area contributed by atoms with Crippen molar-refractivity contribution in [2.45, 2.75) is 71.6 Å². The molecule has 0 saturated carbocycles. The summed E-state index contributed by atoms with van der Waals surface area (Å²) in [6.45, 7) is 6.48. The molecular weight excluding hydrogens is 252 g/mol. The van der Waals surface area contributed by atoms with Gasteiger partial charge in [-0.25, -0.2) is 0 Å². The third-order valence-electron chi connectivity index (χ3n) is 3.60. The molecule has 0 saturated heterocycles. The van der Waals surface area contributed by atoms with Gasteiger partial charge in [0.25, 0.3) is 0 Å². The summed E-state index contributed by atoms with van der Waals surface area (Å²) >= 11 is 0. The topological polar surface area (TPSA) is 49.7 Å². The average Bonchev–Trinajstić information content (AvgIpc) is 2.41. The Hall–Kier alpha value is -0.120. The summed E-state index contributed by atoms with van der Waals surface area (Å²) in [5.74, 6) is 2.05. The summed E-state index contributed by atoms with van der Waals surface area (Å²) in [5.41, 5.74) is 0. The van der Waals surface area contributed by atoms with Gasteiger partial charge in [0.15, 0.2) is 0 Å². The highest BCUT2D eigenvalue weighted by Gasteiger charge is 2.07. The summed E-state index contributed by atoms with van der Waals surface area (Å²) in [7, 11) is 0. The van der Waals surface area contributed by atoms with E-state index >= 15 is 0 Å². The first kappa shape index (κ1) is 19.9. The lowest BCUT2D eigenvalue weighted by atomic mass is 9.99. The summed E-state index contributed by atoms with van der Waals surface area (Å²) in [4.78, 5) is 0. The minimum absolute atomic E-state index is 0.172. The number of unbranched alkanes of at least 4 members (excludes halogenated alkanes) is 4. The van der Waals surface area contributed by atoms with E-state index in [0.717, 1.165) is 32.0 Å².